The Kier molecular flexibility index (Phi) is 5.36. The minimum atomic E-state index is -4.52. The molecule has 1 atom stereocenters. The number of rotatable bonds is 3. The molecule has 0 aliphatic carbocycles. The molecule has 0 saturated heterocycles. The number of carbonyl (C=O) groups is 1. The smallest absolute Gasteiger partial charge is 0.292 e. The predicted octanol–water partition coefficient (Wildman–Crippen LogP) is 5.53. The Morgan fingerprint density at radius 2 is 1.62 bits per heavy atom. The topological polar surface area (TPSA) is 17.1 Å². The van der Waals surface area contributed by atoms with Gasteiger partial charge in [-0.3, -0.25) is 4.79 Å². The number of Topliss-reactive ketones (excluding diaryl/α,β-unsaturated/α-hetero) is 1. The van der Waals surface area contributed by atoms with Gasteiger partial charge in [0.05, 0.1) is 11.4 Å². The molecule has 0 aromatic heterocycles. The fourth-order valence-electron chi connectivity index (χ4n) is 2.26. The molecule has 124 valence electrons. The summed E-state index contributed by atoms with van der Waals surface area (Å²) in [7, 11) is 0. The number of carbonyl (C=O) groups excluding carboxylic acids is 1. The summed E-state index contributed by atoms with van der Waals surface area (Å²) in [5, 5.41) is 0.325. The Morgan fingerprint density at radius 3 is 2.21 bits per heavy atom. The fourth-order valence-corrected chi connectivity index (χ4v) is 2.44. The molecule has 24 heavy (non-hydrogen) atoms. The van der Waals surface area contributed by atoms with Crippen LogP contribution < -0.4 is 0 Å². The maximum absolute atomic E-state index is 13.0. The highest BCUT2D eigenvalue weighted by Crippen LogP contribution is 2.36. The summed E-state index contributed by atoms with van der Waals surface area (Å²) in [4.78, 5) is 12.6. The molecule has 0 aliphatic rings. The van der Waals surface area contributed by atoms with Gasteiger partial charge < -0.3 is 0 Å². The van der Waals surface area contributed by atoms with E-state index in [1.807, 2.05) is 0 Å². The second kappa shape index (κ2) is 7.11. The molecule has 2 aromatic rings. The molecule has 0 bridgehead atoms. The highest BCUT2D eigenvalue weighted by Gasteiger charge is 2.43. The molecule has 2 aromatic carbocycles. The number of halogens is 4. The van der Waals surface area contributed by atoms with E-state index in [0.29, 0.717) is 10.6 Å². The normalized spacial score (nSPS) is 13.5. The van der Waals surface area contributed by atoms with Crippen LogP contribution in [0, 0.1) is 17.3 Å². The van der Waals surface area contributed by atoms with E-state index in [0.717, 1.165) is 0 Å². The van der Waals surface area contributed by atoms with Crippen LogP contribution in [0.2, 0.25) is 5.02 Å². The van der Waals surface area contributed by atoms with Crippen molar-refractivity contribution in [2.24, 2.45) is 5.41 Å². The molecular weight excluding hydrogens is 337 g/mol. The second-order valence-electron chi connectivity index (χ2n) is 5.55. The zero-order valence-electron chi connectivity index (χ0n) is 12.8. The van der Waals surface area contributed by atoms with Gasteiger partial charge in [0.2, 0.25) is 0 Å². The lowest BCUT2D eigenvalue weighted by molar-refractivity contribution is -0.145. The molecule has 0 saturated carbocycles. The molecule has 0 heterocycles. The van der Waals surface area contributed by atoms with Crippen LogP contribution in [0.25, 0.3) is 0 Å². The molecule has 0 radical (unpaired) electrons. The van der Waals surface area contributed by atoms with Gasteiger partial charge in [0, 0.05) is 11.1 Å². The third kappa shape index (κ3) is 4.62. The van der Waals surface area contributed by atoms with Gasteiger partial charge in [-0.25, -0.2) is 0 Å². The fraction of sp³-hybridized carbons (Fsp3) is 0.211. The van der Waals surface area contributed by atoms with Gasteiger partial charge in [0.25, 0.3) is 0 Å². The van der Waals surface area contributed by atoms with Gasteiger partial charge in [-0.05, 0) is 19.1 Å². The molecule has 1 unspecified atom stereocenters. The number of alkyl halides is 3. The molecule has 0 N–H and O–H groups in total. The highest BCUT2D eigenvalue weighted by atomic mass is 35.5. The van der Waals surface area contributed by atoms with Crippen molar-refractivity contribution >= 4 is 17.4 Å². The maximum atomic E-state index is 13.0. The number of ketones is 1. The van der Waals surface area contributed by atoms with E-state index in [1.54, 1.807) is 42.5 Å². The Bertz CT molecular complexity index is 787. The lowest BCUT2D eigenvalue weighted by Gasteiger charge is -2.23. The Morgan fingerprint density at radius 1 is 1.04 bits per heavy atom. The first-order valence-electron chi connectivity index (χ1n) is 7.16. The van der Waals surface area contributed by atoms with E-state index in [2.05, 4.69) is 11.8 Å². The van der Waals surface area contributed by atoms with Crippen molar-refractivity contribution in [1.82, 2.24) is 0 Å². The average Bonchev–Trinajstić information content (AvgIpc) is 2.52. The first kappa shape index (κ1) is 18.1. The summed E-state index contributed by atoms with van der Waals surface area (Å²) in [5.41, 5.74) is -1.31. The minimum Gasteiger partial charge on any atom is -0.292 e. The van der Waals surface area contributed by atoms with Gasteiger partial charge in [-0.15, -0.1) is 0 Å². The molecule has 1 nitrogen and oxygen atoms in total. The lowest BCUT2D eigenvalue weighted by Crippen LogP contribution is -2.32. The van der Waals surface area contributed by atoms with Crippen molar-refractivity contribution in [2.75, 3.05) is 0 Å². The van der Waals surface area contributed by atoms with Crippen LogP contribution in [-0.4, -0.2) is 12.0 Å². The summed E-state index contributed by atoms with van der Waals surface area (Å²) in [6.07, 6.45) is -5.85. The summed E-state index contributed by atoms with van der Waals surface area (Å²) in [5.74, 6) is 4.46. The zero-order valence-corrected chi connectivity index (χ0v) is 13.6. The van der Waals surface area contributed by atoms with Crippen LogP contribution in [0.15, 0.2) is 54.6 Å². The quantitative estimate of drug-likeness (QED) is 0.525. The summed E-state index contributed by atoms with van der Waals surface area (Å²) >= 11 is 5.97. The summed E-state index contributed by atoms with van der Waals surface area (Å²) in [6.45, 7) is 1.21. The summed E-state index contributed by atoms with van der Waals surface area (Å²) in [6, 6.07) is 14.4. The lowest BCUT2D eigenvalue weighted by atomic mass is 9.79. The SMILES string of the molecule is CC(C#Cc1ccccc1Cl)(CC(F)(F)F)C(=O)c1ccccc1. The number of benzene rings is 2. The van der Waals surface area contributed by atoms with Gasteiger partial charge >= 0.3 is 6.18 Å². The van der Waals surface area contributed by atoms with Crippen molar-refractivity contribution in [3.8, 4) is 11.8 Å². The van der Waals surface area contributed by atoms with E-state index in [4.69, 9.17) is 11.6 Å². The van der Waals surface area contributed by atoms with Crippen molar-refractivity contribution in [3.63, 3.8) is 0 Å². The third-order valence-electron chi connectivity index (χ3n) is 3.44. The third-order valence-corrected chi connectivity index (χ3v) is 3.77. The Labute approximate surface area is 143 Å². The molecule has 0 fully saturated rings. The Balaban J connectivity index is 2.45. The van der Waals surface area contributed by atoms with E-state index in [9.17, 15) is 18.0 Å². The molecular formula is C19H14ClF3O. The van der Waals surface area contributed by atoms with E-state index >= 15 is 0 Å². The van der Waals surface area contributed by atoms with Crippen LogP contribution in [0.1, 0.15) is 29.3 Å². The molecule has 5 heteroatoms. The summed E-state index contributed by atoms with van der Waals surface area (Å²) < 4.78 is 39.0. The van der Waals surface area contributed by atoms with Crippen molar-refractivity contribution < 1.29 is 18.0 Å². The number of hydrogen-bond donors (Lipinski definition) is 0. The van der Waals surface area contributed by atoms with Crippen LogP contribution in [0.3, 0.4) is 0 Å². The van der Waals surface area contributed by atoms with Gasteiger partial charge in [-0.2, -0.15) is 13.2 Å². The zero-order chi connectivity index (χ0) is 17.8. The van der Waals surface area contributed by atoms with Crippen molar-refractivity contribution in [1.29, 1.82) is 0 Å². The largest absolute Gasteiger partial charge is 0.391 e. The van der Waals surface area contributed by atoms with E-state index < -0.39 is 23.8 Å². The van der Waals surface area contributed by atoms with Crippen molar-refractivity contribution in [2.45, 2.75) is 19.5 Å². The molecule has 0 aliphatic heterocycles. The molecule has 0 amide bonds. The van der Waals surface area contributed by atoms with Crippen LogP contribution in [0.4, 0.5) is 13.2 Å². The standard InChI is InChI=1S/C19H14ClF3O/c1-18(13-19(21,22)23,17(24)15-8-3-2-4-9-15)12-11-14-7-5-6-10-16(14)20/h2-10H,13H2,1H3. The van der Waals surface area contributed by atoms with Crippen LogP contribution >= 0.6 is 11.6 Å². The van der Waals surface area contributed by atoms with Gasteiger partial charge in [0.1, 0.15) is 5.41 Å². The highest BCUT2D eigenvalue weighted by molar-refractivity contribution is 6.31. The second-order valence-corrected chi connectivity index (χ2v) is 5.96. The van der Waals surface area contributed by atoms with Crippen LogP contribution in [-0.2, 0) is 0 Å². The minimum absolute atomic E-state index is 0.192. The maximum Gasteiger partial charge on any atom is 0.391 e. The average molecular weight is 351 g/mol. The predicted molar refractivity (Wildman–Crippen MR) is 87.9 cm³/mol. The molecule has 0 spiro atoms. The van der Waals surface area contributed by atoms with Crippen molar-refractivity contribution in [3.05, 3.63) is 70.7 Å². The van der Waals surface area contributed by atoms with Gasteiger partial charge in [-0.1, -0.05) is 65.9 Å². The molecule has 2 rings (SSSR count). The van der Waals surface area contributed by atoms with E-state index in [-0.39, 0.29) is 5.56 Å². The first-order valence-corrected chi connectivity index (χ1v) is 7.53. The van der Waals surface area contributed by atoms with E-state index in [1.165, 1.54) is 19.1 Å². The number of hydrogen-bond acceptors (Lipinski definition) is 1. The van der Waals surface area contributed by atoms with Gasteiger partial charge in [0.15, 0.2) is 5.78 Å². The Hall–Kier alpha value is -2.25. The van der Waals surface area contributed by atoms with Crippen LogP contribution in [0.5, 0.6) is 0 Å². The monoisotopic (exact) mass is 350 g/mol. The first-order chi connectivity index (χ1) is 11.2.